The summed E-state index contributed by atoms with van der Waals surface area (Å²) >= 11 is 1.47. The van der Waals surface area contributed by atoms with Crippen molar-refractivity contribution in [3.05, 3.63) is 93.8 Å². The standard InChI is InChI=1S/C25H24N2O4S/c28-23(19-10-6-14-31-19)21-22(20-11-7-15-32-20)27(25(30)24(21)29)16-18(26-12-4-5-13-26)17-8-2-1-3-9-17/h1-3,6-11,14-15,18,22,29H,4-5,12-13,16H2. The van der Waals surface area contributed by atoms with E-state index in [9.17, 15) is 14.7 Å². The Balaban J connectivity index is 1.54. The van der Waals surface area contributed by atoms with E-state index < -0.39 is 23.5 Å². The van der Waals surface area contributed by atoms with Crippen molar-refractivity contribution in [2.45, 2.75) is 24.9 Å². The van der Waals surface area contributed by atoms with Gasteiger partial charge in [0.2, 0.25) is 5.78 Å². The lowest BCUT2D eigenvalue weighted by Gasteiger charge is -2.34. The van der Waals surface area contributed by atoms with Crippen LogP contribution in [-0.4, -0.2) is 46.2 Å². The normalized spacial score (nSPS) is 20.3. The SMILES string of the molecule is O=C(C1=C(O)C(=O)N(CC(c2ccccc2)N2CCCC2)C1c1cccs1)c1ccco1. The number of hydrogen-bond donors (Lipinski definition) is 1. The molecule has 1 aromatic carbocycles. The first-order chi connectivity index (χ1) is 15.6. The average molecular weight is 449 g/mol. The molecule has 1 amide bonds. The van der Waals surface area contributed by atoms with E-state index in [4.69, 9.17) is 4.42 Å². The Morgan fingerprint density at radius 1 is 1.09 bits per heavy atom. The van der Waals surface area contributed by atoms with Gasteiger partial charge < -0.3 is 14.4 Å². The van der Waals surface area contributed by atoms with Crippen LogP contribution in [0.5, 0.6) is 0 Å². The molecular weight excluding hydrogens is 424 g/mol. The number of ketones is 1. The highest BCUT2D eigenvalue weighted by Gasteiger charge is 2.46. The summed E-state index contributed by atoms with van der Waals surface area (Å²) in [5.74, 6) is -1.35. The minimum absolute atomic E-state index is 0.0176. The predicted molar refractivity (Wildman–Crippen MR) is 121 cm³/mol. The number of rotatable bonds is 7. The molecule has 2 aromatic heterocycles. The van der Waals surface area contributed by atoms with Gasteiger partial charge in [-0.05, 0) is 55.1 Å². The van der Waals surface area contributed by atoms with Crippen LogP contribution < -0.4 is 0 Å². The number of carbonyl (C=O) groups excluding carboxylic acids is 2. The third-order valence-corrected chi connectivity index (χ3v) is 7.17. The highest BCUT2D eigenvalue weighted by molar-refractivity contribution is 7.10. The molecule has 0 radical (unpaired) electrons. The molecule has 7 heteroatoms. The molecule has 1 saturated heterocycles. The Labute approximate surface area is 190 Å². The Hall–Kier alpha value is -3.16. The van der Waals surface area contributed by atoms with Crippen molar-refractivity contribution in [3.63, 3.8) is 0 Å². The van der Waals surface area contributed by atoms with Crippen molar-refractivity contribution in [2.24, 2.45) is 0 Å². The van der Waals surface area contributed by atoms with Gasteiger partial charge in [-0.2, -0.15) is 0 Å². The van der Waals surface area contributed by atoms with Crippen LogP contribution in [0.3, 0.4) is 0 Å². The van der Waals surface area contributed by atoms with Gasteiger partial charge in [-0.25, -0.2) is 0 Å². The van der Waals surface area contributed by atoms with Crippen molar-refractivity contribution in [1.82, 2.24) is 9.80 Å². The molecule has 1 fully saturated rings. The van der Waals surface area contributed by atoms with E-state index >= 15 is 0 Å². The molecule has 2 unspecified atom stereocenters. The van der Waals surface area contributed by atoms with Crippen LogP contribution in [0, 0.1) is 0 Å². The van der Waals surface area contributed by atoms with Gasteiger partial charge in [-0.3, -0.25) is 14.5 Å². The number of likely N-dealkylation sites (tertiary alicyclic amines) is 1. The number of Topliss-reactive ketones (excluding diaryl/α,β-unsaturated/α-hetero) is 1. The molecule has 164 valence electrons. The lowest BCUT2D eigenvalue weighted by molar-refractivity contribution is -0.130. The smallest absolute Gasteiger partial charge is 0.290 e. The van der Waals surface area contributed by atoms with Gasteiger partial charge >= 0.3 is 0 Å². The van der Waals surface area contributed by atoms with E-state index in [2.05, 4.69) is 17.0 Å². The predicted octanol–water partition coefficient (Wildman–Crippen LogP) is 4.76. The zero-order valence-corrected chi connectivity index (χ0v) is 18.3. The van der Waals surface area contributed by atoms with Gasteiger partial charge in [0, 0.05) is 11.4 Å². The molecule has 1 N–H and O–H groups in total. The summed E-state index contributed by atoms with van der Waals surface area (Å²) in [5.41, 5.74) is 1.21. The molecule has 5 rings (SSSR count). The fourth-order valence-electron chi connectivity index (χ4n) is 4.70. The molecule has 2 atom stereocenters. The van der Waals surface area contributed by atoms with Crippen LogP contribution in [0.25, 0.3) is 0 Å². The van der Waals surface area contributed by atoms with Gasteiger partial charge in [-0.15, -0.1) is 11.3 Å². The first-order valence-corrected chi connectivity index (χ1v) is 11.7. The maximum Gasteiger partial charge on any atom is 0.290 e. The number of furan rings is 1. The number of thiophene rings is 1. The molecule has 32 heavy (non-hydrogen) atoms. The summed E-state index contributed by atoms with van der Waals surface area (Å²) in [6.45, 7) is 2.30. The van der Waals surface area contributed by atoms with Gasteiger partial charge in [0.05, 0.1) is 23.9 Å². The molecule has 0 aliphatic carbocycles. The molecule has 0 bridgehead atoms. The van der Waals surface area contributed by atoms with Crippen LogP contribution >= 0.6 is 11.3 Å². The molecule has 0 spiro atoms. The molecule has 6 nitrogen and oxygen atoms in total. The number of hydrogen-bond acceptors (Lipinski definition) is 6. The van der Waals surface area contributed by atoms with Crippen LogP contribution in [0.15, 0.2) is 82.0 Å². The van der Waals surface area contributed by atoms with E-state index in [1.54, 1.807) is 17.0 Å². The average Bonchev–Trinajstić information content (AvgIpc) is 3.62. The molecule has 3 aromatic rings. The third-order valence-electron chi connectivity index (χ3n) is 6.24. The fourth-order valence-corrected chi connectivity index (χ4v) is 5.55. The second-order valence-electron chi connectivity index (χ2n) is 8.11. The fraction of sp³-hybridized carbons (Fsp3) is 0.280. The molecular formula is C25H24N2O4S. The number of nitrogens with zero attached hydrogens (tertiary/aromatic N) is 2. The van der Waals surface area contributed by atoms with Crippen molar-refractivity contribution >= 4 is 23.0 Å². The molecule has 0 saturated carbocycles. The monoisotopic (exact) mass is 448 g/mol. The Bertz CT molecular complexity index is 1120. The zero-order chi connectivity index (χ0) is 22.1. The van der Waals surface area contributed by atoms with Gasteiger partial charge in [0.25, 0.3) is 5.91 Å². The highest BCUT2D eigenvalue weighted by Crippen LogP contribution is 2.42. The van der Waals surface area contributed by atoms with E-state index in [-0.39, 0.29) is 17.4 Å². The van der Waals surface area contributed by atoms with Gasteiger partial charge in [-0.1, -0.05) is 36.4 Å². The summed E-state index contributed by atoms with van der Waals surface area (Å²) in [5, 5.41) is 12.7. The van der Waals surface area contributed by atoms with Gasteiger partial charge in [0.1, 0.15) is 0 Å². The summed E-state index contributed by atoms with van der Waals surface area (Å²) in [6.07, 6.45) is 3.66. The number of benzene rings is 1. The van der Waals surface area contributed by atoms with Crippen molar-refractivity contribution in [1.29, 1.82) is 0 Å². The number of aliphatic hydroxyl groups is 1. The van der Waals surface area contributed by atoms with E-state index in [1.165, 1.54) is 17.6 Å². The van der Waals surface area contributed by atoms with Crippen LogP contribution in [0.1, 0.15) is 45.9 Å². The third kappa shape index (κ3) is 3.67. The maximum absolute atomic E-state index is 13.3. The van der Waals surface area contributed by atoms with Crippen LogP contribution in [0.4, 0.5) is 0 Å². The van der Waals surface area contributed by atoms with Crippen LogP contribution in [-0.2, 0) is 4.79 Å². The van der Waals surface area contributed by atoms with Crippen LogP contribution in [0.2, 0.25) is 0 Å². The zero-order valence-electron chi connectivity index (χ0n) is 17.5. The maximum atomic E-state index is 13.3. The largest absolute Gasteiger partial charge is 0.503 e. The lowest BCUT2D eigenvalue weighted by Crippen LogP contribution is -2.40. The first-order valence-electron chi connectivity index (χ1n) is 10.8. The second kappa shape index (κ2) is 8.76. The quantitative estimate of drug-likeness (QED) is 0.528. The summed E-state index contributed by atoms with van der Waals surface area (Å²) < 4.78 is 5.29. The molecule has 4 heterocycles. The number of aliphatic hydroxyl groups excluding tert-OH is 1. The second-order valence-corrected chi connectivity index (χ2v) is 9.09. The topological polar surface area (TPSA) is 74.0 Å². The number of carbonyl (C=O) groups is 2. The highest BCUT2D eigenvalue weighted by atomic mass is 32.1. The Morgan fingerprint density at radius 2 is 1.88 bits per heavy atom. The Morgan fingerprint density at radius 3 is 2.53 bits per heavy atom. The van der Waals surface area contributed by atoms with Crippen molar-refractivity contribution in [2.75, 3.05) is 19.6 Å². The molecule has 2 aliphatic heterocycles. The summed E-state index contributed by atoms with van der Waals surface area (Å²) in [7, 11) is 0. The molecule has 2 aliphatic rings. The lowest BCUT2D eigenvalue weighted by atomic mass is 9.99. The van der Waals surface area contributed by atoms with Crippen molar-refractivity contribution < 1.29 is 19.1 Å². The van der Waals surface area contributed by atoms with E-state index in [0.717, 1.165) is 36.4 Å². The number of amides is 1. The minimum Gasteiger partial charge on any atom is -0.503 e. The first kappa shape index (κ1) is 20.7. The summed E-state index contributed by atoms with van der Waals surface area (Å²) in [6, 6.07) is 16.4. The van der Waals surface area contributed by atoms with Gasteiger partial charge in [0.15, 0.2) is 11.5 Å². The summed E-state index contributed by atoms with van der Waals surface area (Å²) in [4.78, 5) is 31.4. The van der Waals surface area contributed by atoms with E-state index in [0.29, 0.717) is 6.54 Å². The van der Waals surface area contributed by atoms with Crippen molar-refractivity contribution in [3.8, 4) is 0 Å². The minimum atomic E-state index is -0.645. The Kier molecular flexibility index (Phi) is 5.68. The van der Waals surface area contributed by atoms with E-state index in [1.807, 2.05) is 35.7 Å².